The van der Waals surface area contributed by atoms with Crippen molar-refractivity contribution in [3.05, 3.63) is 36.7 Å². The molecule has 1 unspecified atom stereocenters. The summed E-state index contributed by atoms with van der Waals surface area (Å²) >= 11 is 0. The number of nitrogen functional groups attached to an aromatic ring is 1. The normalized spacial score (nSPS) is 17.7. The Morgan fingerprint density at radius 3 is 3.04 bits per heavy atom. The second-order valence-electron chi connectivity index (χ2n) is 6.45. The van der Waals surface area contributed by atoms with Crippen molar-refractivity contribution in [1.29, 1.82) is 0 Å². The zero-order valence-electron chi connectivity index (χ0n) is 13.6. The van der Waals surface area contributed by atoms with Crippen LogP contribution < -0.4 is 5.73 Å². The quantitative estimate of drug-likeness (QED) is 0.601. The Morgan fingerprint density at radius 1 is 1.28 bits per heavy atom. The van der Waals surface area contributed by atoms with Gasteiger partial charge in [-0.05, 0) is 31.0 Å². The van der Waals surface area contributed by atoms with Gasteiger partial charge >= 0.3 is 0 Å². The minimum atomic E-state index is 0.238. The molecule has 1 aromatic carbocycles. The Bertz CT molecular complexity index is 1050. The van der Waals surface area contributed by atoms with E-state index in [1.165, 1.54) is 0 Å². The highest BCUT2D eigenvalue weighted by Crippen LogP contribution is 2.30. The van der Waals surface area contributed by atoms with Crippen LogP contribution in [0.25, 0.3) is 33.1 Å². The monoisotopic (exact) mass is 334 g/mol. The zero-order chi connectivity index (χ0) is 16.8. The van der Waals surface area contributed by atoms with Gasteiger partial charge in [0.1, 0.15) is 11.3 Å². The molecule has 126 valence electrons. The van der Waals surface area contributed by atoms with E-state index in [-0.39, 0.29) is 6.10 Å². The van der Waals surface area contributed by atoms with Gasteiger partial charge < -0.3 is 10.5 Å². The number of hydrogen-bond acceptors (Lipinski definition) is 5. The maximum Gasteiger partial charge on any atom is 0.135 e. The standard InChI is InChI=1S/C18H18N6O/c19-18-14-10-24(9-12-2-1-7-25-12)23-17(14)13-4-3-11(8-16(13)21-18)15-5-6-20-22-15/h3-6,8,10,12H,1-2,7,9H2,(H2,19,21)(H,20,22). The first kappa shape index (κ1) is 14.4. The summed E-state index contributed by atoms with van der Waals surface area (Å²) in [6.07, 6.45) is 6.15. The Balaban J connectivity index is 1.62. The number of H-pyrrole nitrogens is 1. The number of nitrogens with one attached hydrogen (secondary N) is 1. The summed E-state index contributed by atoms with van der Waals surface area (Å²) < 4.78 is 7.64. The number of rotatable bonds is 3. The van der Waals surface area contributed by atoms with Crippen LogP contribution in [0.4, 0.5) is 5.82 Å². The van der Waals surface area contributed by atoms with Crippen LogP contribution in [0.1, 0.15) is 12.8 Å². The molecule has 1 atom stereocenters. The Labute approximate surface area is 143 Å². The van der Waals surface area contributed by atoms with Gasteiger partial charge in [-0.1, -0.05) is 6.07 Å². The maximum atomic E-state index is 6.20. The number of aromatic amines is 1. The van der Waals surface area contributed by atoms with Crippen LogP contribution in [0, 0.1) is 0 Å². The molecule has 3 N–H and O–H groups in total. The fraction of sp³-hybridized carbons (Fsp3) is 0.278. The van der Waals surface area contributed by atoms with Crippen molar-refractivity contribution in [3.8, 4) is 11.3 Å². The first-order valence-corrected chi connectivity index (χ1v) is 8.46. The zero-order valence-corrected chi connectivity index (χ0v) is 13.6. The molecule has 0 saturated carbocycles. The summed E-state index contributed by atoms with van der Waals surface area (Å²) in [5.41, 5.74) is 9.89. The molecule has 0 spiro atoms. The minimum absolute atomic E-state index is 0.238. The number of anilines is 1. The second-order valence-corrected chi connectivity index (χ2v) is 6.45. The molecule has 3 aromatic heterocycles. The van der Waals surface area contributed by atoms with Gasteiger partial charge in [-0.15, -0.1) is 0 Å². The van der Waals surface area contributed by atoms with Crippen LogP contribution in [0.3, 0.4) is 0 Å². The second kappa shape index (κ2) is 5.56. The number of pyridine rings is 1. The molecule has 25 heavy (non-hydrogen) atoms. The first-order valence-electron chi connectivity index (χ1n) is 8.46. The fourth-order valence-electron chi connectivity index (χ4n) is 3.50. The molecular weight excluding hydrogens is 316 g/mol. The van der Waals surface area contributed by atoms with Gasteiger partial charge in [-0.25, -0.2) is 4.98 Å². The average Bonchev–Trinajstić information content (AvgIpc) is 3.36. The van der Waals surface area contributed by atoms with E-state index in [1.807, 2.05) is 35.1 Å². The summed E-state index contributed by atoms with van der Waals surface area (Å²) in [6.45, 7) is 1.59. The van der Waals surface area contributed by atoms with E-state index < -0.39 is 0 Å². The van der Waals surface area contributed by atoms with Crippen LogP contribution in [-0.2, 0) is 11.3 Å². The number of ether oxygens (including phenoxy) is 1. The van der Waals surface area contributed by atoms with Crippen molar-refractivity contribution in [2.75, 3.05) is 12.3 Å². The van der Waals surface area contributed by atoms with E-state index in [9.17, 15) is 0 Å². The van der Waals surface area contributed by atoms with E-state index in [0.717, 1.165) is 59.1 Å². The predicted molar refractivity (Wildman–Crippen MR) is 96.0 cm³/mol. The number of nitrogens with zero attached hydrogens (tertiary/aromatic N) is 4. The van der Waals surface area contributed by atoms with Gasteiger partial charge in [0.15, 0.2) is 0 Å². The molecule has 5 rings (SSSR count). The van der Waals surface area contributed by atoms with Crippen molar-refractivity contribution in [1.82, 2.24) is 25.0 Å². The van der Waals surface area contributed by atoms with Crippen LogP contribution in [0.15, 0.2) is 36.7 Å². The average molecular weight is 334 g/mol. The van der Waals surface area contributed by atoms with Crippen LogP contribution in [0.5, 0.6) is 0 Å². The van der Waals surface area contributed by atoms with Gasteiger partial charge in [0, 0.05) is 30.0 Å². The molecule has 1 aliphatic rings. The molecule has 7 nitrogen and oxygen atoms in total. The van der Waals surface area contributed by atoms with Gasteiger partial charge in [-0.3, -0.25) is 9.78 Å². The van der Waals surface area contributed by atoms with Crippen molar-refractivity contribution < 1.29 is 4.74 Å². The molecule has 4 aromatic rings. The topological polar surface area (TPSA) is 94.6 Å². The number of fused-ring (bicyclic) bond motifs is 3. The predicted octanol–water partition coefficient (Wildman–Crippen LogP) is 2.74. The molecule has 1 fully saturated rings. The smallest absolute Gasteiger partial charge is 0.135 e. The van der Waals surface area contributed by atoms with Crippen molar-refractivity contribution in [2.45, 2.75) is 25.5 Å². The van der Waals surface area contributed by atoms with E-state index in [2.05, 4.69) is 15.2 Å². The molecule has 1 saturated heterocycles. The van der Waals surface area contributed by atoms with Crippen LogP contribution in [-0.4, -0.2) is 37.7 Å². The van der Waals surface area contributed by atoms with E-state index >= 15 is 0 Å². The summed E-state index contributed by atoms with van der Waals surface area (Å²) in [5, 5.41) is 13.6. The number of benzene rings is 1. The SMILES string of the molecule is Nc1nc2cc(-c3ccn[nH]3)ccc2c2nn(CC3CCCO3)cc12. The van der Waals surface area contributed by atoms with E-state index in [0.29, 0.717) is 5.82 Å². The first-order chi connectivity index (χ1) is 12.3. The minimum Gasteiger partial charge on any atom is -0.383 e. The lowest BCUT2D eigenvalue weighted by Gasteiger charge is -2.08. The fourth-order valence-corrected chi connectivity index (χ4v) is 3.50. The van der Waals surface area contributed by atoms with Gasteiger partial charge in [0.25, 0.3) is 0 Å². The molecule has 0 radical (unpaired) electrons. The van der Waals surface area contributed by atoms with Gasteiger partial charge in [0.05, 0.1) is 29.2 Å². The Kier molecular flexibility index (Phi) is 3.21. The third-order valence-electron chi connectivity index (χ3n) is 4.76. The molecule has 0 bridgehead atoms. The summed E-state index contributed by atoms with van der Waals surface area (Å²) in [6, 6.07) is 8.03. The third kappa shape index (κ3) is 2.44. The summed E-state index contributed by atoms with van der Waals surface area (Å²) in [5.74, 6) is 0.503. The number of hydrogen-bond donors (Lipinski definition) is 2. The lowest BCUT2D eigenvalue weighted by molar-refractivity contribution is 0.0942. The maximum absolute atomic E-state index is 6.20. The lowest BCUT2D eigenvalue weighted by Crippen LogP contribution is -2.15. The highest BCUT2D eigenvalue weighted by atomic mass is 16.5. The van der Waals surface area contributed by atoms with Crippen molar-refractivity contribution in [2.24, 2.45) is 0 Å². The third-order valence-corrected chi connectivity index (χ3v) is 4.76. The molecule has 4 heterocycles. The summed E-state index contributed by atoms with van der Waals surface area (Å²) in [4.78, 5) is 4.58. The van der Waals surface area contributed by atoms with E-state index in [4.69, 9.17) is 15.6 Å². The van der Waals surface area contributed by atoms with E-state index in [1.54, 1.807) is 6.20 Å². The Hall–Kier alpha value is -2.93. The summed E-state index contributed by atoms with van der Waals surface area (Å²) in [7, 11) is 0. The highest BCUT2D eigenvalue weighted by Gasteiger charge is 2.18. The van der Waals surface area contributed by atoms with Crippen LogP contribution in [0.2, 0.25) is 0 Å². The molecule has 7 heteroatoms. The molecular formula is C18H18N6O. The van der Waals surface area contributed by atoms with Gasteiger partial charge in [0.2, 0.25) is 0 Å². The highest BCUT2D eigenvalue weighted by molar-refractivity contribution is 6.08. The largest absolute Gasteiger partial charge is 0.383 e. The van der Waals surface area contributed by atoms with Crippen molar-refractivity contribution >= 4 is 27.6 Å². The Morgan fingerprint density at radius 2 is 2.24 bits per heavy atom. The molecule has 0 amide bonds. The molecule has 0 aliphatic carbocycles. The number of nitrogens with two attached hydrogens (primary N) is 1. The number of aromatic nitrogens is 5. The van der Waals surface area contributed by atoms with Crippen LogP contribution >= 0.6 is 0 Å². The van der Waals surface area contributed by atoms with Crippen molar-refractivity contribution in [3.63, 3.8) is 0 Å². The molecule has 1 aliphatic heterocycles. The lowest BCUT2D eigenvalue weighted by atomic mass is 10.1. The van der Waals surface area contributed by atoms with Gasteiger partial charge in [-0.2, -0.15) is 10.2 Å².